The van der Waals surface area contributed by atoms with E-state index in [9.17, 15) is 14.7 Å². The van der Waals surface area contributed by atoms with Crippen molar-refractivity contribution in [2.45, 2.75) is 19.8 Å². The lowest BCUT2D eigenvalue weighted by atomic mass is 10.0. The summed E-state index contributed by atoms with van der Waals surface area (Å²) >= 11 is 11.6. The molecule has 0 atom stereocenters. The molecule has 3 N–H and O–H groups in total. The van der Waals surface area contributed by atoms with Gasteiger partial charge < -0.3 is 15.2 Å². The SMILES string of the molecule is CC(C)c1ccc(OCC(=O)NC(=S)Nc2c(Br)cc(Br)cc2C(=O)O)cc1. The smallest absolute Gasteiger partial charge is 0.337 e. The van der Waals surface area contributed by atoms with Crippen LogP contribution in [0.2, 0.25) is 0 Å². The second-order valence-corrected chi connectivity index (χ2v) is 8.31. The zero-order chi connectivity index (χ0) is 20.8. The number of rotatable bonds is 6. The van der Waals surface area contributed by atoms with E-state index < -0.39 is 11.9 Å². The van der Waals surface area contributed by atoms with Crippen LogP contribution in [0, 0.1) is 0 Å². The molecule has 0 aliphatic carbocycles. The number of nitrogens with one attached hydrogen (secondary N) is 2. The number of thiocarbonyl (C=S) groups is 1. The minimum absolute atomic E-state index is 0.000610. The van der Waals surface area contributed by atoms with Gasteiger partial charge in [-0.15, -0.1) is 0 Å². The number of carboxylic acids is 1. The lowest BCUT2D eigenvalue weighted by Crippen LogP contribution is -2.37. The number of aromatic carboxylic acids is 1. The van der Waals surface area contributed by atoms with Crippen LogP contribution < -0.4 is 15.4 Å². The highest BCUT2D eigenvalue weighted by Gasteiger charge is 2.16. The third kappa shape index (κ3) is 6.29. The van der Waals surface area contributed by atoms with Gasteiger partial charge in [0.25, 0.3) is 5.91 Å². The molecule has 0 saturated carbocycles. The van der Waals surface area contributed by atoms with E-state index in [0.29, 0.717) is 20.6 Å². The van der Waals surface area contributed by atoms with E-state index in [0.717, 1.165) is 0 Å². The first-order valence-corrected chi connectivity index (χ1v) is 10.2. The largest absolute Gasteiger partial charge is 0.484 e. The predicted octanol–water partition coefficient (Wildman–Crippen LogP) is 4.93. The molecule has 0 bridgehead atoms. The van der Waals surface area contributed by atoms with Gasteiger partial charge in [0.05, 0.1) is 11.3 Å². The number of halogens is 2. The van der Waals surface area contributed by atoms with Crippen LogP contribution in [0.3, 0.4) is 0 Å². The number of hydrogen-bond donors (Lipinski definition) is 3. The zero-order valence-electron chi connectivity index (χ0n) is 15.1. The van der Waals surface area contributed by atoms with Crippen molar-refractivity contribution in [2.24, 2.45) is 0 Å². The Labute approximate surface area is 184 Å². The van der Waals surface area contributed by atoms with Gasteiger partial charge in [-0.2, -0.15) is 0 Å². The van der Waals surface area contributed by atoms with Crippen LogP contribution in [-0.4, -0.2) is 28.7 Å². The van der Waals surface area contributed by atoms with Crippen molar-refractivity contribution >= 4 is 66.8 Å². The Bertz CT molecular complexity index is 902. The van der Waals surface area contributed by atoms with Crippen LogP contribution in [0.4, 0.5) is 5.69 Å². The van der Waals surface area contributed by atoms with Crippen LogP contribution in [0.5, 0.6) is 5.75 Å². The molecule has 0 spiro atoms. The normalized spacial score (nSPS) is 10.5. The van der Waals surface area contributed by atoms with E-state index in [2.05, 4.69) is 56.3 Å². The Kier molecular flexibility index (Phi) is 7.97. The third-order valence-electron chi connectivity index (χ3n) is 3.69. The molecule has 2 rings (SSSR count). The van der Waals surface area contributed by atoms with Crippen LogP contribution >= 0.6 is 44.1 Å². The number of benzene rings is 2. The van der Waals surface area contributed by atoms with Gasteiger partial charge in [0, 0.05) is 8.95 Å². The predicted molar refractivity (Wildman–Crippen MR) is 119 cm³/mol. The van der Waals surface area contributed by atoms with E-state index in [1.807, 2.05) is 12.1 Å². The Morgan fingerprint density at radius 2 is 1.82 bits per heavy atom. The fourth-order valence-corrected chi connectivity index (χ4v) is 3.81. The fraction of sp³-hybridized carbons (Fsp3) is 0.211. The molecule has 6 nitrogen and oxygen atoms in total. The van der Waals surface area contributed by atoms with Gasteiger partial charge in [-0.25, -0.2) is 4.79 Å². The summed E-state index contributed by atoms with van der Waals surface area (Å²) in [5, 5.41) is 14.5. The molecule has 0 unspecified atom stereocenters. The van der Waals surface area contributed by atoms with E-state index in [4.69, 9.17) is 17.0 Å². The summed E-state index contributed by atoms with van der Waals surface area (Å²) in [6.07, 6.45) is 0. The van der Waals surface area contributed by atoms with Crippen molar-refractivity contribution in [1.82, 2.24) is 5.32 Å². The van der Waals surface area contributed by atoms with Crippen molar-refractivity contribution in [2.75, 3.05) is 11.9 Å². The highest BCUT2D eigenvalue weighted by Crippen LogP contribution is 2.30. The summed E-state index contributed by atoms with van der Waals surface area (Å²) in [7, 11) is 0. The molecule has 1 amide bonds. The Morgan fingerprint density at radius 1 is 1.18 bits per heavy atom. The monoisotopic (exact) mass is 528 g/mol. The fourth-order valence-electron chi connectivity index (χ4n) is 2.27. The molecule has 148 valence electrons. The minimum atomic E-state index is -1.13. The highest BCUT2D eigenvalue weighted by molar-refractivity contribution is 9.11. The number of carbonyl (C=O) groups excluding carboxylic acids is 1. The van der Waals surface area contributed by atoms with Gasteiger partial charge in [0.15, 0.2) is 11.7 Å². The summed E-state index contributed by atoms with van der Waals surface area (Å²) in [5.41, 5.74) is 1.42. The molecule has 0 aliphatic heterocycles. The van der Waals surface area contributed by atoms with Gasteiger partial charge in [-0.05, 0) is 63.9 Å². The van der Waals surface area contributed by atoms with Crippen LogP contribution in [0.1, 0.15) is 35.7 Å². The molecular formula is C19H18Br2N2O4S. The number of ether oxygens (including phenoxy) is 1. The molecule has 0 radical (unpaired) electrons. The Hall–Kier alpha value is -1.97. The first-order valence-electron chi connectivity index (χ1n) is 8.23. The number of hydrogen-bond acceptors (Lipinski definition) is 4. The second-order valence-electron chi connectivity index (χ2n) is 6.13. The van der Waals surface area contributed by atoms with Crippen LogP contribution in [-0.2, 0) is 4.79 Å². The summed E-state index contributed by atoms with van der Waals surface area (Å²) in [6, 6.07) is 10.6. The maximum absolute atomic E-state index is 12.1. The molecule has 2 aromatic carbocycles. The maximum Gasteiger partial charge on any atom is 0.337 e. The standard InChI is InChI=1S/C19H18Br2N2O4S/c1-10(2)11-3-5-13(6-4-11)27-9-16(24)22-19(28)23-17-14(18(25)26)7-12(20)8-15(17)21/h3-8,10H,9H2,1-2H3,(H,25,26)(H2,22,23,24,28). The maximum atomic E-state index is 12.1. The van der Waals surface area contributed by atoms with Gasteiger partial charge in [-0.1, -0.05) is 41.9 Å². The molecule has 2 aromatic rings. The second kappa shape index (κ2) is 9.99. The van der Waals surface area contributed by atoms with Crippen molar-refractivity contribution in [3.05, 3.63) is 56.5 Å². The summed E-state index contributed by atoms with van der Waals surface area (Å²) < 4.78 is 6.52. The summed E-state index contributed by atoms with van der Waals surface area (Å²) in [5.74, 6) is -0.612. The summed E-state index contributed by atoms with van der Waals surface area (Å²) in [4.78, 5) is 23.5. The average molecular weight is 530 g/mol. The van der Waals surface area contributed by atoms with Crippen molar-refractivity contribution in [1.29, 1.82) is 0 Å². The number of carbonyl (C=O) groups is 2. The number of anilines is 1. The molecule has 28 heavy (non-hydrogen) atoms. The van der Waals surface area contributed by atoms with Gasteiger partial charge >= 0.3 is 5.97 Å². The van der Waals surface area contributed by atoms with E-state index >= 15 is 0 Å². The Morgan fingerprint density at radius 3 is 2.39 bits per heavy atom. The van der Waals surface area contributed by atoms with E-state index in [1.54, 1.807) is 18.2 Å². The van der Waals surface area contributed by atoms with E-state index in [1.165, 1.54) is 11.6 Å². The van der Waals surface area contributed by atoms with Gasteiger partial charge in [0.2, 0.25) is 0 Å². The molecule has 0 saturated heterocycles. The molecule has 0 fully saturated rings. The van der Waals surface area contributed by atoms with Gasteiger partial charge in [0.1, 0.15) is 5.75 Å². The molecule has 0 heterocycles. The lowest BCUT2D eigenvalue weighted by molar-refractivity contribution is -0.121. The van der Waals surface area contributed by atoms with Crippen LogP contribution in [0.25, 0.3) is 0 Å². The van der Waals surface area contributed by atoms with Gasteiger partial charge in [-0.3, -0.25) is 10.1 Å². The van der Waals surface area contributed by atoms with E-state index in [-0.39, 0.29) is 23.0 Å². The first-order chi connectivity index (χ1) is 13.2. The zero-order valence-corrected chi connectivity index (χ0v) is 19.1. The third-order valence-corrected chi connectivity index (χ3v) is 4.98. The van der Waals surface area contributed by atoms with Crippen LogP contribution in [0.15, 0.2) is 45.3 Å². The molecule has 0 aliphatic rings. The first kappa shape index (κ1) is 22.3. The number of amides is 1. The quantitative estimate of drug-likeness (QED) is 0.460. The lowest BCUT2D eigenvalue weighted by Gasteiger charge is -2.14. The Balaban J connectivity index is 1.94. The van der Waals surface area contributed by atoms with Crippen molar-refractivity contribution < 1.29 is 19.4 Å². The minimum Gasteiger partial charge on any atom is -0.484 e. The topological polar surface area (TPSA) is 87.7 Å². The molecule has 9 heteroatoms. The average Bonchev–Trinajstić information content (AvgIpc) is 2.62. The highest BCUT2D eigenvalue weighted by atomic mass is 79.9. The van der Waals surface area contributed by atoms with Crippen molar-refractivity contribution in [3.63, 3.8) is 0 Å². The number of carboxylic acid groups (broad SMARTS) is 1. The summed E-state index contributed by atoms with van der Waals surface area (Å²) in [6.45, 7) is 3.96. The molecule has 0 aromatic heterocycles. The van der Waals surface area contributed by atoms with Crippen molar-refractivity contribution in [3.8, 4) is 5.75 Å². The molecular weight excluding hydrogens is 512 g/mol.